The van der Waals surface area contributed by atoms with E-state index in [0.29, 0.717) is 125 Å². The van der Waals surface area contributed by atoms with Crippen molar-refractivity contribution in [1.29, 1.82) is 0 Å². The van der Waals surface area contributed by atoms with Gasteiger partial charge in [-0.1, -0.05) is 49.2 Å². The van der Waals surface area contributed by atoms with Crippen molar-refractivity contribution in [1.82, 2.24) is 21.3 Å². The summed E-state index contributed by atoms with van der Waals surface area (Å²) in [4.78, 5) is 250. The molecule has 58 nitrogen and oxygen atoms in total. The highest BCUT2D eigenvalue weighted by Gasteiger charge is 2.26. The Morgan fingerprint density at radius 3 is 0.822 bits per heavy atom. The first-order chi connectivity index (χ1) is 55.9. The van der Waals surface area contributed by atoms with Gasteiger partial charge in [0.15, 0.2) is 10.2 Å². The minimum atomic E-state index is -1.45. The molecule has 0 heterocycles. The number of alkyl carbamates (subject to hydrolysis) is 2. The van der Waals surface area contributed by atoms with Crippen LogP contribution in [0, 0.1) is 80.9 Å². The zero-order chi connectivity index (χ0) is 89.7. The first-order valence-corrected chi connectivity index (χ1v) is 38.4. The molecular weight excluding hydrogens is 1700 g/mol. The molecule has 0 rings (SSSR count). The molecule has 0 bridgehead atoms. The Morgan fingerprint density at radius 1 is 0.254 bits per heavy atom. The molecule has 0 aliphatic heterocycles. The molecular formula is C56H92N12O46S4. The van der Waals surface area contributed by atoms with E-state index in [1.54, 1.807) is 0 Å². The second-order valence-electron chi connectivity index (χ2n) is 21.8. The van der Waals surface area contributed by atoms with Crippen molar-refractivity contribution in [3.05, 3.63) is 80.9 Å². The average Bonchev–Trinajstić information content (AvgIpc) is 0.946. The first-order valence-electron chi connectivity index (χ1n) is 34.5. The van der Waals surface area contributed by atoms with Gasteiger partial charge in [-0.3, -0.25) is 19.2 Å². The lowest BCUT2D eigenvalue weighted by Gasteiger charge is -2.14. The van der Waals surface area contributed by atoms with Crippen molar-refractivity contribution in [2.24, 2.45) is 0 Å². The van der Waals surface area contributed by atoms with Crippen LogP contribution in [0.5, 0.6) is 0 Å². The number of rotatable bonds is 70. The standard InChI is InChI=1S/C17H29N3O12S.C15H25N3O10S.C13H21N3O14S.C11H17N3O10S/c21-15(22)14(18-16(23)29-9-5-1-3-7-11-31-19(25)26)13-33-17(24)30-10-6-2-4-8-12-32-20(27)28;19-13(7-3-1-5-9-27-17(23)24)16-12(15(21)22)11-29-14(20)8-4-2-6-10-28-18(25)26;17-11(18)10(14-12(19)27-5-1-25-3-7-29-15(21)22)9-31-13(20)28-6-2-26-4-8-30-16(23)24;15-9(3-1-5-23-13(19)20)12-8(11(17)18)7-25-10(16)4-2-6-24-14(21)22/h14H,1-13H2,(H,18,23)(H,21,22);12H,1-11H2,(H,16,19)(H,21,22);10H,1-9H2,(H,14,19)(H,17,18);8H,1-7H2,(H,12,15)(H,17,18). The molecule has 4 amide bonds. The number of nitrogens with one attached hydrogen (secondary N) is 4. The van der Waals surface area contributed by atoms with Gasteiger partial charge in [-0.2, -0.15) is 0 Å². The van der Waals surface area contributed by atoms with Crippen LogP contribution >= 0.6 is 47.0 Å². The van der Waals surface area contributed by atoms with E-state index in [-0.39, 0.29) is 172 Å². The van der Waals surface area contributed by atoms with Crippen molar-refractivity contribution in [3.8, 4) is 0 Å². The Balaban J connectivity index is -0.000000738. The van der Waals surface area contributed by atoms with E-state index in [9.17, 15) is 138 Å². The lowest BCUT2D eigenvalue weighted by molar-refractivity contribution is -0.758. The molecule has 62 heteroatoms. The van der Waals surface area contributed by atoms with Gasteiger partial charge in [0.05, 0.1) is 79.3 Å². The third-order valence-electron chi connectivity index (χ3n) is 12.6. The van der Waals surface area contributed by atoms with E-state index in [1.807, 2.05) is 5.32 Å². The molecule has 0 spiro atoms. The maximum Gasteiger partial charge on any atom is 0.407 e. The predicted molar refractivity (Wildman–Crippen MR) is 391 cm³/mol. The quantitative estimate of drug-likeness (QED) is 0.0142. The predicted octanol–water partition coefficient (Wildman–Crippen LogP) is 3.20. The number of nitrogens with zero attached hydrogens (tertiary/aromatic N) is 8. The van der Waals surface area contributed by atoms with Gasteiger partial charge >= 0.3 is 46.7 Å². The molecule has 0 aliphatic rings. The first kappa shape index (κ1) is 113. The van der Waals surface area contributed by atoms with E-state index >= 15 is 0 Å². The van der Waals surface area contributed by atoms with Crippen molar-refractivity contribution in [2.45, 2.75) is 153 Å². The second-order valence-corrected chi connectivity index (χ2v) is 25.8. The monoisotopic (exact) mass is 1800 g/mol. The van der Waals surface area contributed by atoms with Gasteiger partial charge in [0.1, 0.15) is 50.6 Å². The number of amides is 4. The summed E-state index contributed by atoms with van der Waals surface area (Å²) in [7, 11) is 0. The molecule has 676 valence electrons. The fraction of sp³-hybridized carbons (Fsp3) is 0.786. The van der Waals surface area contributed by atoms with Crippen LogP contribution in [-0.4, -0.2) is 283 Å². The number of carboxylic acids is 4. The van der Waals surface area contributed by atoms with Gasteiger partial charge in [0, 0.05) is 48.7 Å². The van der Waals surface area contributed by atoms with Crippen LogP contribution in [0.4, 0.5) is 19.2 Å². The zero-order valence-electron chi connectivity index (χ0n) is 62.7. The molecule has 0 aliphatic carbocycles. The number of carbonyl (C=O) groups is 12. The van der Waals surface area contributed by atoms with Crippen LogP contribution in [0.25, 0.3) is 0 Å². The summed E-state index contributed by atoms with van der Waals surface area (Å²) < 4.78 is 29.0. The molecule has 8 N–H and O–H groups in total. The van der Waals surface area contributed by atoms with Crippen LogP contribution < -0.4 is 21.3 Å². The van der Waals surface area contributed by atoms with E-state index in [0.717, 1.165) is 11.8 Å². The molecule has 0 aromatic carbocycles. The largest absolute Gasteiger partial charge is 0.480 e. The number of hydrogen-bond acceptors (Lipinski definition) is 46. The molecule has 0 saturated carbocycles. The summed E-state index contributed by atoms with van der Waals surface area (Å²) >= 11 is 2.57. The molecule has 4 unspecified atom stereocenters. The number of thioether (sulfide) groups is 4. The maximum atomic E-state index is 11.8. The van der Waals surface area contributed by atoms with Gasteiger partial charge in [-0.15, -0.1) is 80.9 Å². The Kier molecular flexibility index (Phi) is 73.5. The molecule has 4 atom stereocenters. The third-order valence-corrected chi connectivity index (χ3v) is 16.4. The van der Waals surface area contributed by atoms with Crippen molar-refractivity contribution in [3.63, 3.8) is 0 Å². The minimum absolute atomic E-state index is 0.00381. The van der Waals surface area contributed by atoms with Crippen LogP contribution in [0.3, 0.4) is 0 Å². The van der Waals surface area contributed by atoms with Crippen LogP contribution in [-0.2, 0) is 105 Å². The fourth-order valence-electron chi connectivity index (χ4n) is 7.24. The van der Waals surface area contributed by atoms with Gasteiger partial charge < -0.3 is 109 Å². The molecule has 0 radical (unpaired) electrons. The normalized spacial score (nSPS) is 11.2. The van der Waals surface area contributed by atoms with Crippen LogP contribution in [0.2, 0.25) is 0 Å². The summed E-state index contributed by atoms with van der Waals surface area (Å²) in [5, 5.41) is 115. The van der Waals surface area contributed by atoms with Crippen molar-refractivity contribution >= 4 is 116 Å². The number of carboxylic acid groups (broad SMARTS) is 4. The summed E-state index contributed by atoms with van der Waals surface area (Å²) in [6, 6.07) is -5.32. The molecule has 0 aromatic heterocycles. The Bertz CT molecular complexity index is 3050. The van der Waals surface area contributed by atoms with E-state index in [4.69, 9.17) is 44.1 Å². The Morgan fingerprint density at radius 2 is 0.483 bits per heavy atom. The highest BCUT2D eigenvalue weighted by molar-refractivity contribution is 8.14. The fourth-order valence-corrected chi connectivity index (χ4v) is 10.4. The number of carbonyl (C=O) groups excluding carboxylic acids is 8. The topological polar surface area (TPSA) is 808 Å². The van der Waals surface area contributed by atoms with Crippen molar-refractivity contribution < 1.29 is 186 Å². The van der Waals surface area contributed by atoms with E-state index in [1.165, 1.54) is 0 Å². The highest BCUT2D eigenvalue weighted by Crippen LogP contribution is 2.15. The average molecular weight is 1800 g/mol. The zero-order valence-corrected chi connectivity index (χ0v) is 66.0. The smallest absolute Gasteiger partial charge is 0.407 e. The van der Waals surface area contributed by atoms with Gasteiger partial charge in [-0.25, -0.2) is 38.4 Å². The van der Waals surface area contributed by atoms with Crippen LogP contribution in [0.1, 0.15) is 128 Å². The minimum Gasteiger partial charge on any atom is -0.480 e. The number of aliphatic carboxylic acids is 4. The number of ether oxygens (including phenoxy) is 6. The van der Waals surface area contributed by atoms with E-state index in [2.05, 4.69) is 59.4 Å². The summed E-state index contributed by atoms with van der Waals surface area (Å²) in [5.74, 6) is -7.41. The number of unbranched alkanes of at least 4 members (excludes halogenated alkanes) is 10. The summed E-state index contributed by atoms with van der Waals surface area (Å²) in [6.45, 7) is -1.83. The Hall–Kier alpha value is -11.4. The third kappa shape index (κ3) is 85.4. The Labute approximate surface area is 682 Å². The van der Waals surface area contributed by atoms with Gasteiger partial charge in [0.25, 0.3) is 40.7 Å². The van der Waals surface area contributed by atoms with Gasteiger partial charge in [0.2, 0.25) is 11.8 Å². The molecule has 118 heavy (non-hydrogen) atoms. The van der Waals surface area contributed by atoms with Crippen molar-refractivity contribution in [2.75, 3.05) is 129 Å². The molecule has 0 saturated heterocycles. The maximum absolute atomic E-state index is 11.8. The van der Waals surface area contributed by atoms with Gasteiger partial charge in [-0.05, 0) is 101 Å². The van der Waals surface area contributed by atoms with E-state index < -0.39 is 128 Å². The lowest BCUT2D eigenvalue weighted by atomic mass is 10.2. The van der Waals surface area contributed by atoms with Crippen LogP contribution in [0.15, 0.2) is 0 Å². The molecule has 0 fully saturated rings. The summed E-state index contributed by atoms with van der Waals surface area (Å²) in [5.41, 5.74) is 0. The SMILES string of the molecule is O=C(CCCCCO[N+](=O)[O-])NC(CSC(=O)CCCCCO[N+](=O)[O-])C(=O)O.O=C(CCCO[N+](=O)[O-])NC(CSC(=O)CCCO[N+](=O)[O-])C(=O)O.O=C(NC(CSC(=O)OCCCCCCO[N+](=O)[O-])C(=O)O)OCCCCCCO[N+](=O)[O-].O=C(NC(CSC(=O)OCCOCCO[N+](=O)[O-])C(=O)O)OCCOCCO[N+](=O)[O-]. The second kappa shape index (κ2) is 76.8. The summed E-state index contributed by atoms with van der Waals surface area (Å²) in [6.07, 6.45) is 5.65. The lowest BCUT2D eigenvalue weighted by Crippen LogP contribution is -2.43. The number of hydrogen-bond donors (Lipinski definition) is 8. The molecule has 0 aromatic rings. The highest BCUT2D eigenvalue weighted by atomic mass is 32.2.